The molecule has 0 aliphatic rings. The normalized spacial score (nSPS) is 14.2. The molecule has 0 amide bonds. The summed E-state index contributed by atoms with van der Waals surface area (Å²) in [4.78, 5) is 0. The van der Waals surface area contributed by atoms with E-state index in [1.165, 1.54) is 0 Å². The molecule has 18 heavy (non-hydrogen) atoms. The van der Waals surface area contributed by atoms with Crippen LogP contribution >= 0.6 is 0 Å². The van der Waals surface area contributed by atoms with E-state index >= 15 is 0 Å². The summed E-state index contributed by atoms with van der Waals surface area (Å²) in [7, 11) is 3.31. The Morgan fingerprint density at radius 1 is 1.39 bits per heavy atom. The Labute approximate surface area is 107 Å². The average Bonchev–Trinajstić information content (AvgIpc) is 2.72. The molecule has 2 atom stereocenters. The second-order valence-electron chi connectivity index (χ2n) is 4.38. The number of methoxy groups -OCH3 is 2. The molecule has 0 bridgehead atoms. The van der Waals surface area contributed by atoms with E-state index in [1.807, 2.05) is 11.6 Å². The Bertz CT molecular complexity index is 411. The lowest BCUT2D eigenvalue weighted by Gasteiger charge is -2.16. The van der Waals surface area contributed by atoms with E-state index < -0.39 is 0 Å². The summed E-state index contributed by atoms with van der Waals surface area (Å²) in [6, 6.07) is 2.10. The Balaban J connectivity index is 2.93. The number of aromatic nitrogens is 3. The van der Waals surface area contributed by atoms with Crippen molar-refractivity contribution in [2.24, 2.45) is 5.92 Å². The summed E-state index contributed by atoms with van der Waals surface area (Å²) in [5.41, 5.74) is 1.57. The highest BCUT2D eigenvalue weighted by Crippen LogP contribution is 2.20. The highest BCUT2D eigenvalue weighted by atomic mass is 16.5. The Hall–Kier alpha value is -1.45. The number of hydrogen-bond acceptors (Lipinski definition) is 5. The van der Waals surface area contributed by atoms with Gasteiger partial charge in [-0.25, -0.2) is 4.68 Å². The minimum atomic E-state index is -0.127. The van der Waals surface area contributed by atoms with E-state index in [-0.39, 0.29) is 12.5 Å². The van der Waals surface area contributed by atoms with Crippen molar-refractivity contribution in [2.45, 2.75) is 32.9 Å². The van der Waals surface area contributed by atoms with E-state index in [1.54, 1.807) is 14.2 Å². The molecule has 1 aromatic rings. The molecule has 2 unspecified atom stereocenters. The van der Waals surface area contributed by atoms with Gasteiger partial charge in [-0.05, 0) is 12.8 Å². The number of nitriles is 1. The summed E-state index contributed by atoms with van der Waals surface area (Å²) in [5, 5.41) is 16.9. The number of rotatable bonds is 7. The lowest BCUT2D eigenvalue weighted by atomic mass is 10.1. The third-order valence-corrected chi connectivity index (χ3v) is 2.77. The maximum atomic E-state index is 8.79. The molecule has 1 aromatic heterocycles. The zero-order chi connectivity index (χ0) is 13.5. The zero-order valence-corrected chi connectivity index (χ0v) is 11.4. The molecule has 1 heterocycles. The van der Waals surface area contributed by atoms with E-state index in [0.29, 0.717) is 24.8 Å². The van der Waals surface area contributed by atoms with Gasteiger partial charge in [-0.15, -0.1) is 5.10 Å². The summed E-state index contributed by atoms with van der Waals surface area (Å²) < 4.78 is 12.2. The molecule has 6 heteroatoms. The minimum absolute atomic E-state index is 0.127. The van der Waals surface area contributed by atoms with E-state index in [9.17, 15) is 0 Å². The van der Waals surface area contributed by atoms with Crippen LogP contribution in [0.15, 0.2) is 0 Å². The number of nitrogens with zero attached hydrogens (tertiary/aromatic N) is 4. The molecular formula is C12H20N4O2. The van der Waals surface area contributed by atoms with Crippen molar-refractivity contribution in [2.75, 3.05) is 20.8 Å². The molecule has 100 valence electrons. The summed E-state index contributed by atoms with van der Waals surface area (Å²) >= 11 is 0. The Morgan fingerprint density at radius 2 is 2.11 bits per heavy atom. The lowest BCUT2D eigenvalue weighted by molar-refractivity contribution is 0.106. The van der Waals surface area contributed by atoms with E-state index in [4.69, 9.17) is 14.7 Å². The van der Waals surface area contributed by atoms with E-state index in [2.05, 4.69) is 23.3 Å². The molecule has 0 aliphatic carbocycles. The van der Waals surface area contributed by atoms with Gasteiger partial charge in [0.05, 0.1) is 30.9 Å². The third kappa shape index (κ3) is 3.52. The highest BCUT2D eigenvalue weighted by molar-refractivity contribution is 5.16. The van der Waals surface area contributed by atoms with E-state index in [0.717, 1.165) is 5.69 Å². The SMILES string of the molecule is COCC(C)Cn1nnc(CC#N)c1C(C)OC. The van der Waals surface area contributed by atoms with Crippen molar-refractivity contribution >= 4 is 0 Å². The van der Waals surface area contributed by atoms with Crippen molar-refractivity contribution in [1.82, 2.24) is 15.0 Å². The molecule has 0 aliphatic heterocycles. The van der Waals surface area contributed by atoms with Crippen LogP contribution in [0.1, 0.15) is 31.3 Å². The first-order chi connectivity index (χ1) is 8.63. The van der Waals surface area contributed by atoms with Crippen LogP contribution < -0.4 is 0 Å². The van der Waals surface area contributed by atoms with Crippen LogP contribution in [0.2, 0.25) is 0 Å². The van der Waals surface area contributed by atoms with Crippen LogP contribution in [0, 0.1) is 17.2 Å². The van der Waals surface area contributed by atoms with Gasteiger partial charge in [0.25, 0.3) is 0 Å². The second-order valence-corrected chi connectivity index (χ2v) is 4.38. The monoisotopic (exact) mass is 252 g/mol. The first-order valence-corrected chi connectivity index (χ1v) is 5.94. The van der Waals surface area contributed by atoms with Crippen LogP contribution in [0.5, 0.6) is 0 Å². The fourth-order valence-corrected chi connectivity index (χ4v) is 1.88. The molecule has 0 spiro atoms. The van der Waals surface area contributed by atoms with Crippen molar-refractivity contribution in [3.63, 3.8) is 0 Å². The molecule has 0 saturated carbocycles. The van der Waals surface area contributed by atoms with Crippen molar-refractivity contribution in [3.05, 3.63) is 11.4 Å². The van der Waals surface area contributed by atoms with Crippen LogP contribution in [0.3, 0.4) is 0 Å². The molecular weight excluding hydrogens is 232 g/mol. The van der Waals surface area contributed by atoms with Gasteiger partial charge in [-0.3, -0.25) is 0 Å². The fourth-order valence-electron chi connectivity index (χ4n) is 1.88. The fraction of sp³-hybridized carbons (Fsp3) is 0.750. The lowest BCUT2D eigenvalue weighted by Crippen LogP contribution is -2.17. The Morgan fingerprint density at radius 3 is 2.67 bits per heavy atom. The van der Waals surface area contributed by atoms with Gasteiger partial charge in [0, 0.05) is 20.8 Å². The third-order valence-electron chi connectivity index (χ3n) is 2.77. The molecule has 0 saturated heterocycles. The van der Waals surface area contributed by atoms with Gasteiger partial charge in [0.2, 0.25) is 0 Å². The summed E-state index contributed by atoms with van der Waals surface area (Å²) in [5.74, 6) is 0.328. The van der Waals surface area contributed by atoms with Gasteiger partial charge in [0.1, 0.15) is 5.69 Å². The smallest absolute Gasteiger partial charge is 0.103 e. The minimum Gasteiger partial charge on any atom is -0.384 e. The molecule has 0 aromatic carbocycles. The van der Waals surface area contributed by atoms with Gasteiger partial charge in [-0.1, -0.05) is 12.1 Å². The molecule has 0 fully saturated rings. The highest BCUT2D eigenvalue weighted by Gasteiger charge is 2.19. The molecule has 6 nitrogen and oxygen atoms in total. The van der Waals surface area contributed by atoms with Crippen molar-refractivity contribution < 1.29 is 9.47 Å². The second kappa shape index (κ2) is 7.09. The summed E-state index contributed by atoms with van der Waals surface area (Å²) in [6.07, 6.45) is 0.125. The first kappa shape index (κ1) is 14.6. The topological polar surface area (TPSA) is 73.0 Å². The van der Waals surface area contributed by atoms with Crippen molar-refractivity contribution in [3.8, 4) is 6.07 Å². The quantitative estimate of drug-likeness (QED) is 0.732. The molecule has 1 rings (SSSR count). The number of ether oxygens (including phenoxy) is 2. The first-order valence-electron chi connectivity index (χ1n) is 5.94. The number of hydrogen-bond donors (Lipinski definition) is 0. The predicted molar refractivity (Wildman–Crippen MR) is 65.8 cm³/mol. The van der Waals surface area contributed by atoms with Crippen LogP contribution in [0.4, 0.5) is 0 Å². The summed E-state index contributed by atoms with van der Waals surface area (Å²) in [6.45, 7) is 5.37. The standard InChI is InChI=1S/C12H20N4O2/c1-9(8-17-3)7-16-12(10(2)18-4)11(5-6-13)14-15-16/h9-10H,5,7-8H2,1-4H3. The average molecular weight is 252 g/mol. The van der Waals surface area contributed by atoms with Gasteiger partial charge in [-0.2, -0.15) is 5.26 Å². The van der Waals surface area contributed by atoms with Crippen LogP contribution in [0.25, 0.3) is 0 Å². The van der Waals surface area contributed by atoms with Crippen LogP contribution in [-0.4, -0.2) is 35.8 Å². The largest absolute Gasteiger partial charge is 0.384 e. The van der Waals surface area contributed by atoms with Gasteiger partial charge >= 0.3 is 0 Å². The predicted octanol–water partition coefficient (Wildman–Crippen LogP) is 1.33. The maximum absolute atomic E-state index is 8.79. The van der Waals surface area contributed by atoms with Crippen LogP contribution in [-0.2, 0) is 22.4 Å². The van der Waals surface area contributed by atoms with Gasteiger partial charge < -0.3 is 9.47 Å². The Kier molecular flexibility index (Phi) is 5.75. The zero-order valence-electron chi connectivity index (χ0n) is 11.4. The van der Waals surface area contributed by atoms with Crippen molar-refractivity contribution in [1.29, 1.82) is 5.26 Å². The molecule has 0 radical (unpaired) electrons. The molecule has 0 N–H and O–H groups in total. The van der Waals surface area contributed by atoms with Gasteiger partial charge in [0.15, 0.2) is 0 Å². The maximum Gasteiger partial charge on any atom is 0.103 e.